The van der Waals surface area contributed by atoms with E-state index < -0.39 is 17.2 Å². The zero-order chi connectivity index (χ0) is 16.6. The van der Waals surface area contributed by atoms with Gasteiger partial charge >= 0.3 is 5.97 Å². The highest BCUT2D eigenvalue weighted by Gasteiger charge is 2.22. The van der Waals surface area contributed by atoms with E-state index in [4.69, 9.17) is 5.11 Å². The van der Waals surface area contributed by atoms with Crippen molar-refractivity contribution in [3.05, 3.63) is 39.4 Å². The van der Waals surface area contributed by atoms with Gasteiger partial charge in [0.05, 0.1) is 11.2 Å². The number of fused-ring (bicyclic) bond motifs is 1. The fraction of sp³-hybridized carbons (Fsp3) is 0.375. The van der Waals surface area contributed by atoms with Crippen LogP contribution in [0.2, 0.25) is 0 Å². The van der Waals surface area contributed by atoms with E-state index in [0.717, 1.165) is 19.2 Å². The predicted octanol–water partition coefficient (Wildman–Crippen LogP) is 1.34. The summed E-state index contributed by atoms with van der Waals surface area (Å²) < 4.78 is 14.7. The van der Waals surface area contributed by atoms with Gasteiger partial charge in [-0.2, -0.15) is 0 Å². The van der Waals surface area contributed by atoms with Crippen LogP contribution in [0.3, 0.4) is 0 Å². The Labute approximate surface area is 131 Å². The summed E-state index contributed by atoms with van der Waals surface area (Å²) in [6.07, 6.45) is 1.72. The molecule has 0 saturated carbocycles. The topological polar surface area (TPSA) is 85.4 Å². The number of nitrogens with one attached hydrogen (secondary N) is 2. The molecule has 0 spiro atoms. The zero-order valence-corrected chi connectivity index (χ0v) is 12.8. The summed E-state index contributed by atoms with van der Waals surface area (Å²) >= 11 is 0. The molecular formula is C16H18FN3O3. The summed E-state index contributed by atoms with van der Waals surface area (Å²) in [6.45, 7) is 4.81. The molecule has 0 aliphatic carbocycles. The third-order valence-corrected chi connectivity index (χ3v) is 4.22. The SMILES string of the molecule is CCc1c(N2CCNCC2)c(F)cc2c(=O)c(C(=O)O)c[nH]c12. The molecule has 1 fully saturated rings. The van der Waals surface area contributed by atoms with Crippen molar-refractivity contribution in [1.82, 2.24) is 10.3 Å². The number of aryl methyl sites for hydroxylation is 1. The average Bonchev–Trinajstić information content (AvgIpc) is 2.55. The van der Waals surface area contributed by atoms with E-state index in [1.54, 1.807) is 0 Å². The lowest BCUT2D eigenvalue weighted by Crippen LogP contribution is -2.44. The van der Waals surface area contributed by atoms with Crippen LogP contribution in [0.15, 0.2) is 17.1 Å². The molecule has 0 bridgehead atoms. The van der Waals surface area contributed by atoms with Gasteiger partial charge in [-0.1, -0.05) is 6.92 Å². The monoisotopic (exact) mass is 319 g/mol. The van der Waals surface area contributed by atoms with Crippen LogP contribution in [-0.2, 0) is 6.42 Å². The number of halogens is 1. The van der Waals surface area contributed by atoms with Gasteiger partial charge in [-0.25, -0.2) is 9.18 Å². The number of hydrogen-bond acceptors (Lipinski definition) is 4. The molecule has 1 aliphatic heterocycles. The Morgan fingerprint density at radius 1 is 1.39 bits per heavy atom. The van der Waals surface area contributed by atoms with Crippen molar-refractivity contribution in [2.24, 2.45) is 0 Å². The van der Waals surface area contributed by atoms with E-state index >= 15 is 0 Å². The Morgan fingerprint density at radius 3 is 2.70 bits per heavy atom. The maximum Gasteiger partial charge on any atom is 0.341 e. The Hall–Kier alpha value is -2.41. The summed E-state index contributed by atoms with van der Waals surface area (Å²) in [5.41, 5.74) is 0.675. The first kappa shape index (κ1) is 15.5. The minimum atomic E-state index is -1.32. The van der Waals surface area contributed by atoms with E-state index in [9.17, 15) is 14.0 Å². The number of piperazine rings is 1. The second-order valence-electron chi connectivity index (χ2n) is 5.54. The molecule has 2 heterocycles. The smallest absolute Gasteiger partial charge is 0.341 e. The summed E-state index contributed by atoms with van der Waals surface area (Å²) in [6, 6.07) is 1.15. The number of aromatic nitrogens is 1. The quantitative estimate of drug-likeness (QED) is 0.795. The fourth-order valence-electron chi connectivity index (χ4n) is 3.12. The minimum Gasteiger partial charge on any atom is -0.477 e. The van der Waals surface area contributed by atoms with Gasteiger partial charge in [-0.05, 0) is 12.5 Å². The Morgan fingerprint density at radius 2 is 2.09 bits per heavy atom. The van der Waals surface area contributed by atoms with Crippen molar-refractivity contribution >= 4 is 22.6 Å². The number of carboxylic acid groups (broad SMARTS) is 1. The third kappa shape index (κ3) is 2.57. The molecule has 23 heavy (non-hydrogen) atoms. The molecule has 0 atom stereocenters. The van der Waals surface area contributed by atoms with Crippen LogP contribution in [-0.4, -0.2) is 42.2 Å². The summed E-state index contributed by atoms with van der Waals surface area (Å²) in [4.78, 5) is 28.2. The molecule has 7 heteroatoms. The van der Waals surface area contributed by atoms with Crippen molar-refractivity contribution in [2.45, 2.75) is 13.3 Å². The van der Waals surface area contributed by atoms with Crippen LogP contribution in [0.4, 0.5) is 10.1 Å². The van der Waals surface area contributed by atoms with Crippen LogP contribution >= 0.6 is 0 Å². The first-order chi connectivity index (χ1) is 11.0. The minimum absolute atomic E-state index is 0.0816. The third-order valence-electron chi connectivity index (χ3n) is 4.22. The number of pyridine rings is 1. The zero-order valence-electron chi connectivity index (χ0n) is 12.8. The maximum atomic E-state index is 14.7. The lowest BCUT2D eigenvalue weighted by Gasteiger charge is -2.31. The Balaban J connectivity index is 2.27. The molecule has 0 unspecified atom stereocenters. The van der Waals surface area contributed by atoms with Crippen molar-refractivity contribution in [1.29, 1.82) is 0 Å². The number of anilines is 1. The van der Waals surface area contributed by atoms with Gasteiger partial charge < -0.3 is 20.3 Å². The van der Waals surface area contributed by atoms with E-state index in [-0.39, 0.29) is 10.9 Å². The summed E-state index contributed by atoms with van der Waals surface area (Å²) in [7, 11) is 0. The highest BCUT2D eigenvalue weighted by Crippen LogP contribution is 2.31. The van der Waals surface area contributed by atoms with Crippen molar-refractivity contribution in [3.8, 4) is 0 Å². The maximum absolute atomic E-state index is 14.7. The molecule has 0 radical (unpaired) electrons. The first-order valence-corrected chi connectivity index (χ1v) is 7.60. The number of H-pyrrole nitrogens is 1. The van der Waals surface area contributed by atoms with Gasteiger partial charge in [0.25, 0.3) is 0 Å². The Bertz CT molecular complexity index is 825. The van der Waals surface area contributed by atoms with Gasteiger partial charge in [0.2, 0.25) is 5.43 Å². The second-order valence-corrected chi connectivity index (χ2v) is 5.54. The normalized spacial score (nSPS) is 15.1. The molecule has 1 aromatic carbocycles. The van der Waals surface area contributed by atoms with Crippen molar-refractivity contribution < 1.29 is 14.3 Å². The van der Waals surface area contributed by atoms with E-state index in [0.29, 0.717) is 36.3 Å². The van der Waals surface area contributed by atoms with Crippen LogP contribution in [0.1, 0.15) is 22.8 Å². The molecule has 122 valence electrons. The second kappa shape index (κ2) is 6.00. The average molecular weight is 319 g/mol. The number of carboxylic acids is 1. The van der Waals surface area contributed by atoms with Crippen LogP contribution in [0, 0.1) is 5.82 Å². The van der Waals surface area contributed by atoms with Crippen LogP contribution in [0.25, 0.3) is 10.9 Å². The van der Waals surface area contributed by atoms with Gasteiger partial charge in [0.15, 0.2) is 0 Å². The number of aromatic carboxylic acids is 1. The van der Waals surface area contributed by atoms with Gasteiger partial charge in [-0.3, -0.25) is 4.79 Å². The molecule has 0 amide bonds. The summed E-state index contributed by atoms with van der Waals surface area (Å²) in [5, 5.41) is 12.4. The van der Waals surface area contributed by atoms with Gasteiger partial charge in [0.1, 0.15) is 11.4 Å². The number of hydrogen-bond donors (Lipinski definition) is 3. The molecular weight excluding hydrogens is 301 g/mol. The van der Waals surface area contributed by atoms with E-state index in [1.165, 1.54) is 6.20 Å². The first-order valence-electron chi connectivity index (χ1n) is 7.60. The van der Waals surface area contributed by atoms with Crippen molar-refractivity contribution in [3.63, 3.8) is 0 Å². The number of nitrogens with zero attached hydrogens (tertiary/aromatic N) is 1. The highest BCUT2D eigenvalue weighted by atomic mass is 19.1. The number of benzene rings is 1. The molecule has 3 rings (SSSR count). The van der Waals surface area contributed by atoms with Crippen LogP contribution < -0.4 is 15.6 Å². The molecule has 2 aromatic rings. The number of rotatable bonds is 3. The van der Waals surface area contributed by atoms with E-state index in [1.807, 2.05) is 11.8 Å². The Kier molecular flexibility index (Phi) is 4.04. The largest absolute Gasteiger partial charge is 0.477 e. The standard InChI is InChI=1S/C16H18FN3O3/c1-2-9-13-10(15(21)11(8-19-13)16(22)23)7-12(17)14(9)20-5-3-18-4-6-20/h7-8,18H,2-6H2,1H3,(H,19,21)(H,22,23). The fourth-order valence-corrected chi connectivity index (χ4v) is 3.12. The van der Waals surface area contributed by atoms with Gasteiger partial charge in [0, 0.05) is 43.3 Å². The lowest BCUT2D eigenvalue weighted by molar-refractivity contribution is 0.0695. The highest BCUT2D eigenvalue weighted by molar-refractivity contribution is 5.94. The number of aromatic amines is 1. The molecule has 6 nitrogen and oxygen atoms in total. The predicted molar refractivity (Wildman–Crippen MR) is 85.9 cm³/mol. The van der Waals surface area contributed by atoms with Gasteiger partial charge in [-0.15, -0.1) is 0 Å². The van der Waals surface area contributed by atoms with Crippen molar-refractivity contribution in [2.75, 3.05) is 31.1 Å². The molecule has 1 saturated heterocycles. The van der Waals surface area contributed by atoms with Crippen LogP contribution in [0.5, 0.6) is 0 Å². The molecule has 1 aliphatic rings. The van der Waals surface area contributed by atoms with E-state index in [2.05, 4.69) is 10.3 Å². The molecule has 3 N–H and O–H groups in total. The summed E-state index contributed by atoms with van der Waals surface area (Å²) in [5.74, 6) is -1.80. The lowest BCUT2D eigenvalue weighted by atomic mass is 10.0. The number of carbonyl (C=O) groups is 1. The molecule has 1 aromatic heterocycles.